The van der Waals surface area contributed by atoms with Crippen LogP contribution in [0.1, 0.15) is 25.0 Å². The number of nitrogens with zero attached hydrogens (tertiary/aromatic N) is 2. The predicted octanol–water partition coefficient (Wildman–Crippen LogP) is 3.73. The Morgan fingerprint density at radius 1 is 1.15 bits per heavy atom. The van der Waals surface area contributed by atoms with E-state index in [1.54, 1.807) is 31.2 Å². The van der Waals surface area contributed by atoms with Gasteiger partial charge in [-0.05, 0) is 32.9 Å². The summed E-state index contributed by atoms with van der Waals surface area (Å²) < 4.78 is 34.4. The first-order valence-electron chi connectivity index (χ1n) is 8.88. The van der Waals surface area contributed by atoms with Crippen LogP contribution in [0.2, 0.25) is 0 Å². The number of hydrogen-bond donors (Lipinski definition) is 1. The molecule has 0 spiro atoms. The second-order valence-corrected chi connectivity index (χ2v) is 6.96. The Kier molecular flexibility index (Phi) is 5.41. The highest BCUT2D eigenvalue weighted by atomic mass is 19.3. The molecule has 2 unspecified atom stereocenters. The van der Waals surface area contributed by atoms with Gasteiger partial charge in [0.05, 0.1) is 24.1 Å². The van der Waals surface area contributed by atoms with Gasteiger partial charge in [0.25, 0.3) is 5.91 Å². The van der Waals surface area contributed by atoms with E-state index in [2.05, 4.69) is 15.2 Å². The van der Waals surface area contributed by atoms with E-state index in [4.69, 9.17) is 4.74 Å². The molecule has 2 atom stereocenters. The van der Waals surface area contributed by atoms with Gasteiger partial charge in [-0.3, -0.25) is 4.79 Å². The zero-order valence-corrected chi connectivity index (χ0v) is 15.6. The van der Waals surface area contributed by atoms with Crippen molar-refractivity contribution in [2.75, 3.05) is 23.3 Å². The van der Waals surface area contributed by atoms with Crippen LogP contribution in [-0.4, -0.2) is 36.2 Å². The zero-order chi connectivity index (χ0) is 19.6. The third kappa shape index (κ3) is 4.42. The third-order valence-corrected chi connectivity index (χ3v) is 4.45. The third-order valence-electron chi connectivity index (χ3n) is 4.45. The summed E-state index contributed by atoms with van der Waals surface area (Å²) in [6.45, 7) is 7.18. The summed E-state index contributed by atoms with van der Waals surface area (Å²) in [5, 5.41) is 2.25. The molecule has 2 heterocycles. The Bertz CT molecular complexity index is 784. The Balaban J connectivity index is 1.68. The molecule has 1 amide bonds. The molecule has 1 fully saturated rings. The van der Waals surface area contributed by atoms with Crippen LogP contribution >= 0.6 is 0 Å². The largest absolute Gasteiger partial charge is 0.372 e. The van der Waals surface area contributed by atoms with Gasteiger partial charge in [-0.1, -0.05) is 29.8 Å². The molecule has 7 heteroatoms. The van der Waals surface area contributed by atoms with Gasteiger partial charge >= 0.3 is 5.92 Å². The van der Waals surface area contributed by atoms with Crippen LogP contribution in [0.25, 0.3) is 0 Å². The van der Waals surface area contributed by atoms with Crippen molar-refractivity contribution in [1.29, 1.82) is 0 Å². The van der Waals surface area contributed by atoms with Gasteiger partial charge in [0, 0.05) is 18.7 Å². The van der Waals surface area contributed by atoms with E-state index >= 15 is 0 Å². The number of halogens is 2. The van der Waals surface area contributed by atoms with Gasteiger partial charge in [0.2, 0.25) is 0 Å². The van der Waals surface area contributed by atoms with E-state index in [0.717, 1.165) is 11.4 Å². The monoisotopic (exact) mass is 375 g/mol. The van der Waals surface area contributed by atoms with E-state index in [-0.39, 0.29) is 23.5 Å². The second kappa shape index (κ2) is 7.60. The summed E-state index contributed by atoms with van der Waals surface area (Å²) in [7, 11) is 0. The fourth-order valence-corrected chi connectivity index (χ4v) is 3.12. The summed E-state index contributed by atoms with van der Waals surface area (Å²) in [4.78, 5) is 18.5. The molecule has 3 rings (SSSR count). The van der Waals surface area contributed by atoms with Gasteiger partial charge in [0.1, 0.15) is 5.82 Å². The normalized spacial score (nSPS) is 20.4. The van der Waals surface area contributed by atoms with Crippen LogP contribution in [0, 0.1) is 6.92 Å². The van der Waals surface area contributed by atoms with Crippen molar-refractivity contribution in [2.45, 2.75) is 38.9 Å². The van der Waals surface area contributed by atoms with Crippen LogP contribution in [0.5, 0.6) is 0 Å². The van der Waals surface area contributed by atoms with Crippen molar-refractivity contribution < 1.29 is 18.3 Å². The number of aromatic nitrogens is 1. The van der Waals surface area contributed by atoms with Crippen molar-refractivity contribution in [3.8, 4) is 0 Å². The van der Waals surface area contributed by atoms with Crippen LogP contribution in [0.3, 0.4) is 0 Å². The summed E-state index contributed by atoms with van der Waals surface area (Å²) in [6.07, 6.45) is 1.56. The van der Waals surface area contributed by atoms with Gasteiger partial charge < -0.3 is 15.0 Å². The molecule has 0 bridgehead atoms. The minimum Gasteiger partial charge on any atom is -0.372 e. The smallest absolute Gasteiger partial charge is 0.350 e. The maximum absolute atomic E-state index is 14.4. The number of rotatable bonds is 4. The van der Waals surface area contributed by atoms with E-state index < -0.39 is 11.8 Å². The van der Waals surface area contributed by atoms with Gasteiger partial charge in [-0.25, -0.2) is 4.98 Å². The number of anilines is 2. The Labute approximate surface area is 157 Å². The molecule has 1 saturated heterocycles. The molecule has 1 aromatic carbocycles. The van der Waals surface area contributed by atoms with E-state index in [0.29, 0.717) is 13.1 Å². The Hall–Kier alpha value is -2.54. The quantitative estimate of drug-likeness (QED) is 0.885. The van der Waals surface area contributed by atoms with Gasteiger partial charge in [-0.2, -0.15) is 8.78 Å². The molecule has 0 saturated carbocycles. The number of carbonyl (C=O) groups excluding carboxylic acids is 1. The van der Waals surface area contributed by atoms with Crippen LogP contribution in [0.15, 0.2) is 42.6 Å². The number of hydrogen-bond acceptors (Lipinski definition) is 4. The number of morpholine rings is 1. The maximum Gasteiger partial charge on any atom is 0.350 e. The lowest BCUT2D eigenvalue weighted by molar-refractivity contribution is -0.140. The minimum atomic E-state index is -3.62. The maximum atomic E-state index is 14.4. The molecule has 1 aliphatic rings. The highest BCUT2D eigenvalue weighted by Crippen LogP contribution is 2.30. The first kappa shape index (κ1) is 19.2. The molecular weight excluding hydrogens is 352 g/mol. The van der Waals surface area contributed by atoms with Crippen LogP contribution in [-0.2, 0) is 15.5 Å². The molecule has 1 N–H and O–H groups in total. The van der Waals surface area contributed by atoms with Crippen molar-refractivity contribution in [3.05, 3.63) is 53.7 Å². The Morgan fingerprint density at radius 3 is 2.33 bits per heavy atom. The molecule has 27 heavy (non-hydrogen) atoms. The Morgan fingerprint density at radius 2 is 1.78 bits per heavy atom. The molecule has 1 aromatic heterocycles. The fraction of sp³-hybridized carbons (Fsp3) is 0.400. The lowest BCUT2D eigenvalue weighted by atomic mass is 10.1. The number of alkyl halides is 2. The van der Waals surface area contributed by atoms with Crippen molar-refractivity contribution in [2.24, 2.45) is 0 Å². The van der Waals surface area contributed by atoms with Crippen LogP contribution < -0.4 is 10.2 Å². The standard InChI is InChI=1S/C20H23F2N3O2/c1-13-4-6-16(7-5-13)20(21,22)19(26)24-17-8-9-18(23-10-17)25-11-14(2)27-15(3)12-25/h4-10,14-15H,11-12H2,1-3H3,(H,24,26). The van der Waals surface area contributed by atoms with Gasteiger partial charge in [-0.15, -0.1) is 0 Å². The molecule has 144 valence electrons. The first-order valence-corrected chi connectivity index (χ1v) is 8.88. The SMILES string of the molecule is Cc1ccc(C(F)(F)C(=O)Nc2ccc(N3CC(C)OC(C)C3)nc2)cc1. The fourth-order valence-electron chi connectivity index (χ4n) is 3.12. The molecule has 5 nitrogen and oxygen atoms in total. The lowest BCUT2D eigenvalue weighted by Gasteiger charge is -2.36. The average Bonchev–Trinajstić information content (AvgIpc) is 2.62. The lowest BCUT2D eigenvalue weighted by Crippen LogP contribution is -2.45. The first-order chi connectivity index (χ1) is 12.8. The highest BCUT2D eigenvalue weighted by Gasteiger charge is 2.40. The molecule has 2 aromatic rings. The summed E-state index contributed by atoms with van der Waals surface area (Å²) in [6, 6.07) is 8.92. The number of ether oxygens (including phenoxy) is 1. The predicted molar refractivity (Wildman–Crippen MR) is 100 cm³/mol. The summed E-state index contributed by atoms with van der Waals surface area (Å²) in [5.41, 5.74) is 0.734. The van der Waals surface area contributed by atoms with Gasteiger partial charge in [0.15, 0.2) is 0 Å². The number of aryl methyl sites for hydroxylation is 1. The highest BCUT2D eigenvalue weighted by molar-refractivity contribution is 5.96. The van der Waals surface area contributed by atoms with E-state index in [1.807, 2.05) is 13.8 Å². The molecule has 0 aliphatic carbocycles. The number of nitrogens with one attached hydrogen (secondary N) is 1. The van der Waals surface area contributed by atoms with E-state index in [1.165, 1.54) is 18.3 Å². The zero-order valence-electron chi connectivity index (χ0n) is 15.6. The van der Waals surface area contributed by atoms with E-state index in [9.17, 15) is 13.6 Å². The van der Waals surface area contributed by atoms with Crippen LogP contribution in [0.4, 0.5) is 20.3 Å². The van der Waals surface area contributed by atoms with Crippen molar-refractivity contribution >= 4 is 17.4 Å². The summed E-state index contributed by atoms with van der Waals surface area (Å²) >= 11 is 0. The topological polar surface area (TPSA) is 54.5 Å². The second-order valence-electron chi connectivity index (χ2n) is 6.96. The molecular formula is C20H23F2N3O2. The summed E-state index contributed by atoms with van der Waals surface area (Å²) in [5.74, 6) is -4.28. The van der Waals surface area contributed by atoms with Crippen molar-refractivity contribution in [3.63, 3.8) is 0 Å². The minimum absolute atomic E-state index is 0.0862. The number of benzene rings is 1. The number of amides is 1. The number of pyridine rings is 1. The van der Waals surface area contributed by atoms with Crippen molar-refractivity contribution in [1.82, 2.24) is 4.98 Å². The molecule has 1 aliphatic heterocycles. The average molecular weight is 375 g/mol. The number of carbonyl (C=O) groups is 1. The molecule has 0 radical (unpaired) electrons.